The molecule has 0 spiro atoms. The third kappa shape index (κ3) is 3.95. The van der Waals surface area contributed by atoms with E-state index in [9.17, 15) is 4.79 Å². The highest BCUT2D eigenvalue weighted by Crippen LogP contribution is 2.56. The predicted molar refractivity (Wildman–Crippen MR) is 144 cm³/mol. The Morgan fingerprint density at radius 2 is 1.97 bits per heavy atom. The quantitative estimate of drug-likeness (QED) is 0.343. The number of hydrogen-bond acceptors (Lipinski definition) is 2. The molecule has 1 amide bonds. The standard InChI is InChI=1S/C31H38ClN3O/c32-25-9-6-7-20(17-25)14-23-8-4-5-12-27-28(34-35(29(23)27)26-10-2-1-3-11-26)30(36)33-31-18-21-13-22(19-31)16-24(31)15-21/h6-7,9,15,17,21-23,26H,1-5,8,10-14,16,18-19H2,(H,33,36). The average molecular weight is 504 g/mol. The van der Waals surface area contributed by atoms with Gasteiger partial charge in [-0.15, -0.1) is 0 Å². The molecule has 0 saturated heterocycles. The van der Waals surface area contributed by atoms with Crippen molar-refractivity contribution < 1.29 is 4.79 Å². The van der Waals surface area contributed by atoms with Crippen molar-refractivity contribution in [3.63, 3.8) is 0 Å². The molecule has 3 fully saturated rings. The zero-order valence-electron chi connectivity index (χ0n) is 21.3. The molecule has 0 radical (unpaired) electrons. The molecule has 3 saturated carbocycles. The summed E-state index contributed by atoms with van der Waals surface area (Å²) in [5.74, 6) is 1.91. The van der Waals surface area contributed by atoms with Gasteiger partial charge in [0, 0.05) is 22.2 Å². The number of rotatable bonds is 5. The summed E-state index contributed by atoms with van der Waals surface area (Å²) in [5.41, 5.74) is 6.04. The van der Waals surface area contributed by atoms with Crippen molar-refractivity contribution in [2.75, 3.05) is 0 Å². The van der Waals surface area contributed by atoms with E-state index in [1.807, 2.05) is 6.07 Å². The smallest absolute Gasteiger partial charge is 0.272 e. The monoisotopic (exact) mass is 503 g/mol. The first-order chi connectivity index (χ1) is 17.6. The number of carbonyl (C=O) groups is 1. The van der Waals surface area contributed by atoms with E-state index >= 15 is 0 Å². The minimum atomic E-state index is -0.0862. The van der Waals surface area contributed by atoms with Crippen molar-refractivity contribution in [3.05, 3.63) is 63.5 Å². The Morgan fingerprint density at radius 3 is 2.81 bits per heavy atom. The Kier molecular flexibility index (Phi) is 5.80. The number of benzene rings is 1. The number of nitrogens with zero attached hydrogens (tertiary/aromatic N) is 2. The molecule has 36 heavy (non-hydrogen) atoms. The second-order valence-corrected chi connectivity index (χ2v) is 12.9. The van der Waals surface area contributed by atoms with Crippen LogP contribution in [-0.2, 0) is 12.8 Å². The highest BCUT2D eigenvalue weighted by atomic mass is 35.5. The maximum absolute atomic E-state index is 14.0. The van der Waals surface area contributed by atoms with E-state index < -0.39 is 0 Å². The van der Waals surface area contributed by atoms with Crippen molar-refractivity contribution in [1.82, 2.24) is 15.1 Å². The number of aromatic nitrogens is 2. The van der Waals surface area contributed by atoms with Crippen molar-refractivity contribution >= 4 is 17.5 Å². The van der Waals surface area contributed by atoms with Gasteiger partial charge in [0.15, 0.2) is 5.69 Å². The molecule has 2 aromatic rings. The predicted octanol–water partition coefficient (Wildman–Crippen LogP) is 7.32. The van der Waals surface area contributed by atoms with E-state index in [-0.39, 0.29) is 11.4 Å². The van der Waals surface area contributed by atoms with E-state index in [1.165, 1.54) is 73.8 Å². The summed E-state index contributed by atoms with van der Waals surface area (Å²) in [6.07, 6.45) is 18.8. The second kappa shape index (κ2) is 9.04. The Labute approximate surface area is 219 Å². The van der Waals surface area contributed by atoms with E-state index in [0.717, 1.165) is 55.2 Å². The van der Waals surface area contributed by atoms with Crippen molar-refractivity contribution in [2.24, 2.45) is 11.8 Å². The maximum atomic E-state index is 14.0. The molecule has 1 aromatic carbocycles. The number of allylic oxidation sites excluding steroid dienone is 1. The minimum absolute atomic E-state index is 0.0818. The fraction of sp³-hybridized carbons (Fsp3) is 0.613. The fourth-order valence-corrected chi connectivity index (χ4v) is 8.78. The van der Waals surface area contributed by atoms with Crippen LogP contribution < -0.4 is 5.32 Å². The van der Waals surface area contributed by atoms with Gasteiger partial charge in [0.25, 0.3) is 5.91 Å². The summed E-state index contributed by atoms with van der Waals surface area (Å²) >= 11 is 6.36. The lowest BCUT2D eigenvalue weighted by atomic mass is 9.80. The maximum Gasteiger partial charge on any atom is 0.272 e. The molecule has 1 N–H and O–H groups in total. The number of hydrogen-bond donors (Lipinski definition) is 1. The number of fused-ring (bicyclic) bond motifs is 1. The first-order valence-electron chi connectivity index (χ1n) is 14.5. The van der Waals surface area contributed by atoms with Gasteiger partial charge >= 0.3 is 0 Å². The normalized spacial score (nSPS) is 31.2. The fourth-order valence-electron chi connectivity index (χ4n) is 8.56. The third-order valence-corrected chi connectivity index (χ3v) is 10.2. The van der Waals surface area contributed by atoms with Crippen molar-refractivity contribution in [2.45, 2.75) is 107 Å². The summed E-state index contributed by atoms with van der Waals surface area (Å²) in [7, 11) is 0. The molecule has 4 atom stereocenters. The molecule has 4 unspecified atom stereocenters. The molecular formula is C31H38ClN3O. The van der Waals surface area contributed by atoms with Gasteiger partial charge in [-0.05, 0) is 99.3 Å². The molecule has 4 nitrogen and oxygen atoms in total. The van der Waals surface area contributed by atoms with Crippen molar-refractivity contribution in [1.29, 1.82) is 0 Å². The summed E-state index contributed by atoms with van der Waals surface area (Å²) in [6.45, 7) is 0. The number of carbonyl (C=O) groups excluding carboxylic acids is 1. The van der Waals surface area contributed by atoms with Crippen LogP contribution in [0.15, 0.2) is 35.9 Å². The van der Waals surface area contributed by atoms with Gasteiger partial charge in [-0.25, -0.2) is 0 Å². The zero-order chi connectivity index (χ0) is 24.3. The molecule has 4 bridgehead atoms. The van der Waals surface area contributed by atoms with E-state index in [2.05, 4.69) is 34.3 Å². The van der Waals surface area contributed by atoms with Crippen LogP contribution in [0, 0.1) is 11.8 Å². The lowest BCUT2D eigenvalue weighted by Gasteiger charge is -2.33. The van der Waals surface area contributed by atoms with Crippen molar-refractivity contribution in [3.8, 4) is 0 Å². The SMILES string of the molecule is O=C(NC12CC3C=C1CC(C3)C2)c1nn(C2CCCCC2)c2c1CCCCC2Cc1cccc(Cl)c1. The zero-order valence-corrected chi connectivity index (χ0v) is 22.0. The molecular weight excluding hydrogens is 466 g/mol. The largest absolute Gasteiger partial charge is 0.341 e. The number of halogens is 1. The van der Waals surface area contributed by atoms with Crippen LogP contribution in [0.5, 0.6) is 0 Å². The Hall–Kier alpha value is -2.07. The van der Waals surface area contributed by atoms with Gasteiger partial charge in [0.05, 0.1) is 11.6 Å². The molecule has 6 aliphatic rings. The molecule has 190 valence electrons. The van der Waals surface area contributed by atoms with E-state index in [4.69, 9.17) is 16.7 Å². The summed E-state index contributed by atoms with van der Waals surface area (Å²) in [5, 5.41) is 9.60. The van der Waals surface area contributed by atoms with Gasteiger partial charge in [-0.1, -0.05) is 55.5 Å². The Balaban J connectivity index is 1.26. The summed E-state index contributed by atoms with van der Waals surface area (Å²) < 4.78 is 2.35. The van der Waals surface area contributed by atoms with Crippen LogP contribution in [0.4, 0.5) is 0 Å². The highest BCUT2D eigenvalue weighted by molar-refractivity contribution is 6.30. The van der Waals surface area contributed by atoms with Gasteiger partial charge in [-0.2, -0.15) is 5.10 Å². The molecule has 0 aliphatic heterocycles. The molecule has 6 aliphatic carbocycles. The van der Waals surface area contributed by atoms with Gasteiger partial charge < -0.3 is 5.32 Å². The second-order valence-electron chi connectivity index (χ2n) is 12.4. The number of nitrogens with one attached hydrogen (secondary N) is 1. The average Bonchev–Trinajstić information content (AvgIpc) is 3.37. The lowest BCUT2D eigenvalue weighted by molar-refractivity contribution is 0.0888. The third-order valence-electron chi connectivity index (χ3n) is 9.97. The Bertz CT molecular complexity index is 1210. The van der Waals surface area contributed by atoms with Crippen LogP contribution in [0.25, 0.3) is 0 Å². The number of amides is 1. The summed E-state index contributed by atoms with van der Waals surface area (Å²) in [6, 6.07) is 8.75. The van der Waals surface area contributed by atoms with Gasteiger partial charge in [0.1, 0.15) is 0 Å². The lowest BCUT2D eigenvalue weighted by Crippen LogP contribution is -2.48. The van der Waals surface area contributed by atoms with E-state index in [0.29, 0.717) is 17.9 Å². The minimum Gasteiger partial charge on any atom is -0.341 e. The first kappa shape index (κ1) is 23.1. The topological polar surface area (TPSA) is 46.9 Å². The van der Waals surface area contributed by atoms with Crippen LogP contribution in [0.1, 0.15) is 116 Å². The highest BCUT2D eigenvalue weighted by Gasteiger charge is 2.53. The van der Waals surface area contributed by atoms with Crippen LogP contribution in [0.3, 0.4) is 0 Å². The first-order valence-corrected chi connectivity index (χ1v) is 14.9. The van der Waals surface area contributed by atoms with Crippen LogP contribution in [-0.4, -0.2) is 21.2 Å². The van der Waals surface area contributed by atoms with E-state index in [1.54, 1.807) is 0 Å². The molecule has 8 rings (SSSR count). The van der Waals surface area contributed by atoms with Crippen LogP contribution >= 0.6 is 11.6 Å². The molecule has 1 heterocycles. The molecule has 5 heteroatoms. The molecule has 1 aromatic heterocycles. The van der Waals surface area contributed by atoms with Gasteiger partial charge in [0.2, 0.25) is 0 Å². The Morgan fingerprint density at radius 1 is 1.11 bits per heavy atom. The van der Waals surface area contributed by atoms with Gasteiger partial charge in [-0.3, -0.25) is 9.48 Å². The summed E-state index contributed by atoms with van der Waals surface area (Å²) in [4.78, 5) is 14.0. The van der Waals surface area contributed by atoms with Crippen LogP contribution in [0.2, 0.25) is 5.02 Å².